The zero-order chi connectivity index (χ0) is 29.5. The Bertz CT molecular complexity index is 1510. The second-order valence-corrected chi connectivity index (χ2v) is 11.1. The lowest BCUT2D eigenvalue weighted by Gasteiger charge is -2.33. The predicted molar refractivity (Wildman–Crippen MR) is 163 cm³/mol. The summed E-state index contributed by atoms with van der Waals surface area (Å²) in [5, 5.41) is 9.24. The fourth-order valence-electron chi connectivity index (χ4n) is 5.94. The van der Waals surface area contributed by atoms with E-state index in [-0.39, 0.29) is 36.5 Å². The van der Waals surface area contributed by atoms with E-state index in [9.17, 15) is 19.5 Å². The van der Waals surface area contributed by atoms with Crippen molar-refractivity contribution in [3.05, 3.63) is 102 Å². The number of carbonyl (C=O) groups excluding carboxylic acids is 2. The van der Waals surface area contributed by atoms with Crippen molar-refractivity contribution in [2.24, 2.45) is 5.92 Å². The quantitative estimate of drug-likeness (QED) is 0.232. The number of likely N-dealkylation sites (tertiary alicyclic amines) is 1. The van der Waals surface area contributed by atoms with Crippen LogP contribution in [0.25, 0.3) is 11.0 Å². The van der Waals surface area contributed by atoms with Crippen molar-refractivity contribution in [2.75, 3.05) is 33.2 Å². The second kappa shape index (κ2) is 13.6. The highest BCUT2D eigenvalue weighted by Gasteiger charge is 2.30. The molecule has 0 spiro atoms. The van der Waals surface area contributed by atoms with E-state index in [2.05, 4.69) is 22.0 Å². The smallest absolute Gasteiger partial charge is 0.305 e. The van der Waals surface area contributed by atoms with Crippen LogP contribution in [0.15, 0.2) is 84.9 Å². The van der Waals surface area contributed by atoms with Gasteiger partial charge in [0.1, 0.15) is 0 Å². The number of imidazole rings is 1. The molecular formula is C34H38N4O4. The molecule has 5 rings (SSSR count). The molecule has 1 unspecified atom stereocenters. The molecule has 4 aromatic rings. The van der Waals surface area contributed by atoms with Crippen molar-refractivity contribution < 1.29 is 19.5 Å². The van der Waals surface area contributed by atoms with Crippen molar-refractivity contribution in [2.45, 2.75) is 38.1 Å². The highest BCUT2D eigenvalue weighted by atomic mass is 16.4. The van der Waals surface area contributed by atoms with Crippen LogP contribution in [0.1, 0.15) is 58.1 Å². The lowest BCUT2D eigenvalue weighted by atomic mass is 9.90. The number of aryl methyl sites for hydroxylation is 1. The fourth-order valence-corrected chi connectivity index (χ4v) is 5.94. The van der Waals surface area contributed by atoms with Gasteiger partial charge in [-0.25, -0.2) is 4.98 Å². The number of likely N-dealkylation sites (N-methyl/N-ethyl adjacent to an activating group) is 1. The maximum Gasteiger partial charge on any atom is 0.305 e. The van der Waals surface area contributed by atoms with Crippen LogP contribution < -0.4 is 0 Å². The first-order valence-electron chi connectivity index (χ1n) is 14.7. The number of rotatable bonds is 12. The van der Waals surface area contributed by atoms with Crippen molar-refractivity contribution in [3.63, 3.8) is 0 Å². The van der Waals surface area contributed by atoms with Crippen LogP contribution in [0, 0.1) is 5.92 Å². The predicted octanol–water partition coefficient (Wildman–Crippen LogP) is 5.35. The number of carboxylic acid groups (broad SMARTS) is 1. The highest BCUT2D eigenvalue weighted by Crippen LogP contribution is 2.27. The summed E-state index contributed by atoms with van der Waals surface area (Å²) < 4.78 is 1.77. The van der Waals surface area contributed by atoms with Gasteiger partial charge in [0.2, 0.25) is 5.78 Å². The average molecular weight is 567 g/mol. The van der Waals surface area contributed by atoms with Gasteiger partial charge in [-0.2, -0.15) is 0 Å². The number of amides is 1. The summed E-state index contributed by atoms with van der Waals surface area (Å²) in [6.07, 6.45) is 2.32. The lowest BCUT2D eigenvalue weighted by Crippen LogP contribution is -2.38. The van der Waals surface area contributed by atoms with Crippen LogP contribution in [0.5, 0.6) is 0 Å². The van der Waals surface area contributed by atoms with Gasteiger partial charge >= 0.3 is 5.97 Å². The van der Waals surface area contributed by atoms with Crippen LogP contribution in [0.4, 0.5) is 0 Å². The monoisotopic (exact) mass is 566 g/mol. The Morgan fingerprint density at radius 3 is 2.24 bits per heavy atom. The number of fused-ring (bicyclic) bond motifs is 1. The summed E-state index contributed by atoms with van der Waals surface area (Å²) in [6, 6.07) is 27.3. The van der Waals surface area contributed by atoms with Crippen LogP contribution in [0.3, 0.4) is 0 Å². The highest BCUT2D eigenvalue weighted by molar-refractivity contribution is 5.98. The number of para-hydroxylation sites is 2. The zero-order valence-electron chi connectivity index (χ0n) is 24.1. The molecule has 42 heavy (non-hydrogen) atoms. The Labute approximate surface area is 246 Å². The molecular weight excluding hydrogens is 528 g/mol. The molecule has 1 amide bonds. The number of carbonyl (C=O) groups is 3. The third-order valence-corrected chi connectivity index (χ3v) is 8.31. The third kappa shape index (κ3) is 6.94. The number of aliphatic carboxylic acids is 1. The summed E-state index contributed by atoms with van der Waals surface area (Å²) >= 11 is 0. The normalized spacial score (nSPS) is 15.0. The van der Waals surface area contributed by atoms with E-state index in [1.807, 2.05) is 84.7 Å². The first-order valence-corrected chi connectivity index (χ1v) is 14.7. The van der Waals surface area contributed by atoms with Crippen LogP contribution in [-0.2, 0) is 11.3 Å². The van der Waals surface area contributed by atoms with Gasteiger partial charge in [-0.3, -0.25) is 14.4 Å². The number of aromatic nitrogens is 2. The Morgan fingerprint density at radius 1 is 0.905 bits per heavy atom. The molecule has 1 aliphatic rings. The van der Waals surface area contributed by atoms with Gasteiger partial charge in [-0.1, -0.05) is 60.7 Å². The SMILES string of the molecule is CN(CC(CCN1CCC(C(=O)c2nc3ccccc3n2CCC(=O)O)CC1)c1ccccc1)C(=O)c1ccccc1. The lowest BCUT2D eigenvalue weighted by molar-refractivity contribution is -0.137. The second-order valence-electron chi connectivity index (χ2n) is 11.1. The first kappa shape index (κ1) is 29.2. The van der Waals surface area contributed by atoms with E-state index in [4.69, 9.17) is 0 Å². The maximum atomic E-state index is 13.6. The van der Waals surface area contributed by atoms with Gasteiger partial charge in [0, 0.05) is 37.5 Å². The molecule has 1 aromatic heterocycles. The van der Waals surface area contributed by atoms with Gasteiger partial charge in [-0.15, -0.1) is 0 Å². The van der Waals surface area contributed by atoms with Crippen molar-refractivity contribution in [3.8, 4) is 0 Å². The molecule has 8 nitrogen and oxygen atoms in total. The molecule has 3 aromatic carbocycles. The Balaban J connectivity index is 1.21. The number of piperidine rings is 1. The van der Waals surface area contributed by atoms with Crippen LogP contribution in [-0.4, -0.2) is 75.3 Å². The topological polar surface area (TPSA) is 95.7 Å². The number of nitrogens with zero attached hydrogens (tertiary/aromatic N) is 4. The largest absolute Gasteiger partial charge is 0.481 e. The summed E-state index contributed by atoms with van der Waals surface area (Å²) in [6.45, 7) is 3.35. The summed E-state index contributed by atoms with van der Waals surface area (Å²) in [5.74, 6) is -0.460. The van der Waals surface area contributed by atoms with Crippen molar-refractivity contribution >= 4 is 28.7 Å². The van der Waals surface area contributed by atoms with Gasteiger partial charge < -0.3 is 19.5 Å². The molecule has 1 aliphatic heterocycles. The molecule has 0 saturated carbocycles. The molecule has 1 atom stereocenters. The molecule has 0 radical (unpaired) electrons. The maximum absolute atomic E-state index is 13.6. The van der Waals surface area contributed by atoms with Crippen molar-refractivity contribution in [1.29, 1.82) is 0 Å². The molecule has 1 saturated heterocycles. The minimum Gasteiger partial charge on any atom is -0.481 e. The van der Waals surface area contributed by atoms with E-state index < -0.39 is 5.97 Å². The molecule has 8 heteroatoms. The van der Waals surface area contributed by atoms with Crippen LogP contribution >= 0.6 is 0 Å². The standard InChI is InChI=1S/C34H38N4O4/c1-36(34(42)27-12-6-3-7-13-27)24-28(25-10-4-2-5-11-25)18-22-37-20-16-26(17-21-37)32(41)33-35-29-14-8-9-15-30(29)38(33)23-19-31(39)40/h2-15,26,28H,16-24H2,1H3,(H,39,40). The summed E-state index contributed by atoms with van der Waals surface area (Å²) in [4.78, 5) is 46.7. The Hall–Kier alpha value is -4.30. The van der Waals surface area contributed by atoms with E-state index in [0.29, 0.717) is 23.4 Å². The van der Waals surface area contributed by atoms with E-state index in [1.54, 1.807) is 4.57 Å². The fraction of sp³-hybridized carbons (Fsp3) is 0.353. The molecule has 0 aliphatic carbocycles. The molecule has 1 N–H and O–H groups in total. The molecule has 2 heterocycles. The number of hydrogen-bond donors (Lipinski definition) is 1. The summed E-state index contributed by atoms with van der Waals surface area (Å²) in [7, 11) is 1.87. The molecule has 1 fully saturated rings. The minimum absolute atomic E-state index is 0.000509. The molecule has 218 valence electrons. The van der Waals surface area contributed by atoms with E-state index in [0.717, 1.165) is 44.4 Å². The summed E-state index contributed by atoms with van der Waals surface area (Å²) in [5.41, 5.74) is 3.42. The third-order valence-electron chi connectivity index (χ3n) is 8.31. The number of Topliss-reactive ketones (excluding diaryl/α,β-unsaturated/α-hetero) is 1. The van der Waals surface area contributed by atoms with Gasteiger partial charge in [0.25, 0.3) is 5.91 Å². The Kier molecular flexibility index (Phi) is 9.44. The number of ketones is 1. The Morgan fingerprint density at radius 2 is 1.55 bits per heavy atom. The average Bonchev–Trinajstić information content (AvgIpc) is 3.40. The van der Waals surface area contributed by atoms with Gasteiger partial charge in [0.15, 0.2) is 5.82 Å². The van der Waals surface area contributed by atoms with Gasteiger partial charge in [-0.05, 0) is 68.7 Å². The number of hydrogen-bond acceptors (Lipinski definition) is 5. The minimum atomic E-state index is -0.899. The number of benzene rings is 3. The zero-order valence-corrected chi connectivity index (χ0v) is 24.1. The van der Waals surface area contributed by atoms with E-state index >= 15 is 0 Å². The number of carboxylic acids is 1. The molecule has 0 bridgehead atoms. The van der Waals surface area contributed by atoms with E-state index in [1.165, 1.54) is 5.56 Å². The first-order chi connectivity index (χ1) is 20.4. The van der Waals surface area contributed by atoms with Gasteiger partial charge in [0.05, 0.1) is 17.5 Å². The van der Waals surface area contributed by atoms with Crippen LogP contribution in [0.2, 0.25) is 0 Å². The van der Waals surface area contributed by atoms with Crippen molar-refractivity contribution in [1.82, 2.24) is 19.4 Å².